The fraction of sp³-hybridized carbons (Fsp3) is 0.429. The van der Waals surface area contributed by atoms with Crippen LogP contribution in [0, 0.1) is 0 Å². The van der Waals surface area contributed by atoms with Crippen LogP contribution in [0.2, 0.25) is 0 Å². The lowest BCUT2D eigenvalue weighted by Gasteiger charge is -2.13. The third kappa shape index (κ3) is 1.82. The first-order valence-electron chi connectivity index (χ1n) is 3.11. The lowest BCUT2D eigenvalue weighted by Crippen LogP contribution is -2.14. The van der Waals surface area contributed by atoms with Gasteiger partial charge in [-0.3, -0.25) is 0 Å². The lowest BCUT2D eigenvalue weighted by molar-refractivity contribution is -0.0952. The van der Waals surface area contributed by atoms with Crippen molar-refractivity contribution in [3.63, 3.8) is 0 Å². The fourth-order valence-electron chi connectivity index (χ4n) is 0.891. The van der Waals surface area contributed by atoms with Gasteiger partial charge in [0.1, 0.15) is 5.83 Å². The average Bonchev–Trinajstić information content (AvgIpc) is 1.86. The Kier molecular flexibility index (Phi) is 2.02. The van der Waals surface area contributed by atoms with E-state index in [0.717, 1.165) is 0 Å². The SMILES string of the molecule is FC1=C(C(F)(F)F)CC=CC1. The number of rotatable bonds is 0. The van der Waals surface area contributed by atoms with Crippen LogP contribution in [0.3, 0.4) is 0 Å². The number of alkyl halides is 3. The molecule has 0 N–H and O–H groups in total. The summed E-state index contributed by atoms with van der Waals surface area (Å²) in [4.78, 5) is 0. The average molecular weight is 166 g/mol. The molecular weight excluding hydrogens is 160 g/mol. The molecule has 0 amide bonds. The standard InChI is InChI=1S/C7H6F4/c8-6-4-2-1-3-5(6)7(9,10)11/h1-2H,3-4H2. The first kappa shape index (κ1) is 8.30. The minimum Gasteiger partial charge on any atom is -0.211 e. The summed E-state index contributed by atoms with van der Waals surface area (Å²) in [5, 5.41) is 0. The van der Waals surface area contributed by atoms with E-state index in [1.807, 2.05) is 0 Å². The van der Waals surface area contributed by atoms with Crippen LogP contribution in [0.15, 0.2) is 23.6 Å². The van der Waals surface area contributed by atoms with Crippen molar-refractivity contribution in [1.82, 2.24) is 0 Å². The smallest absolute Gasteiger partial charge is 0.211 e. The summed E-state index contributed by atoms with van der Waals surface area (Å²) in [6.07, 6.45) is -2.35. The molecule has 4 heteroatoms. The molecule has 1 aliphatic carbocycles. The molecule has 0 nitrogen and oxygen atoms in total. The third-order valence-electron chi connectivity index (χ3n) is 1.46. The Bertz CT molecular complexity index is 209. The Balaban J connectivity index is 2.85. The summed E-state index contributed by atoms with van der Waals surface area (Å²) < 4.78 is 48.0. The molecule has 0 fully saturated rings. The van der Waals surface area contributed by atoms with Gasteiger partial charge < -0.3 is 0 Å². The van der Waals surface area contributed by atoms with Crippen LogP contribution in [-0.2, 0) is 0 Å². The van der Waals surface area contributed by atoms with Gasteiger partial charge in [0, 0.05) is 6.42 Å². The molecule has 0 spiro atoms. The summed E-state index contributed by atoms with van der Waals surface area (Å²) in [5.41, 5.74) is -1.04. The zero-order valence-corrected chi connectivity index (χ0v) is 5.58. The van der Waals surface area contributed by atoms with Crippen molar-refractivity contribution in [3.05, 3.63) is 23.6 Å². The van der Waals surface area contributed by atoms with Gasteiger partial charge in [0.15, 0.2) is 0 Å². The van der Waals surface area contributed by atoms with E-state index in [9.17, 15) is 17.6 Å². The summed E-state index contributed by atoms with van der Waals surface area (Å²) in [6.45, 7) is 0. The molecular formula is C7H6F4. The van der Waals surface area contributed by atoms with Crippen molar-refractivity contribution in [2.45, 2.75) is 19.0 Å². The predicted molar refractivity (Wildman–Crippen MR) is 32.6 cm³/mol. The highest BCUT2D eigenvalue weighted by Gasteiger charge is 2.36. The number of halogens is 4. The van der Waals surface area contributed by atoms with Gasteiger partial charge >= 0.3 is 6.18 Å². The molecule has 0 aliphatic heterocycles. The number of hydrogen-bond acceptors (Lipinski definition) is 0. The van der Waals surface area contributed by atoms with Gasteiger partial charge in [0.25, 0.3) is 0 Å². The summed E-state index contributed by atoms with van der Waals surface area (Å²) >= 11 is 0. The zero-order chi connectivity index (χ0) is 8.48. The summed E-state index contributed by atoms with van der Waals surface area (Å²) in [5.74, 6) is -1.06. The second-order valence-corrected chi connectivity index (χ2v) is 2.26. The molecule has 0 saturated carbocycles. The van der Waals surface area contributed by atoms with Gasteiger partial charge in [-0.2, -0.15) is 13.2 Å². The minimum atomic E-state index is -4.51. The van der Waals surface area contributed by atoms with Crippen LogP contribution < -0.4 is 0 Å². The van der Waals surface area contributed by atoms with Crippen molar-refractivity contribution in [2.75, 3.05) is 0 Å². The number of allylic oxidation sites excluding steroid dienone is 4. The Morgan fingerprint density at radius 2 is 1.64 bits per heavy atom. The molecule has 0 aromatic heterocycles. The molecule has 62 valence electrons. The van der Waals surface area contributed by atoms with E-state index in [-0.39, 0.29) is 12.8 Å². The highest BCUT2D eigenvalue weighted by atomic mass is 19.4. The second kappa shape index (κ2) is 2.68. The monoisotopic (exact) mass is 166 g/mol. The maximum absolute atomic E-state index is 12.5. The van der Waals surface area contributed by atoms with E-state index in [0.29, 0.717) is 0 Å². The maximum atomic E-state index is 12.5. The molecule has 0 saturated heterocycles. The van der Waals surface area contributed by atoms with Crippen LogP contribution in [0.5, 0.6) is 0 Å². The van der Waals surface area contributed by atoms with Crippen LogP contribution in [0.25, 0.3) is 0 Å². The van der Waals surface area contributed by atoms with Crippen molar-refractivity contribution >= 4 is 0 Å². The molecule has 0 radical (unpaired) electrons. The molecule has 11 heavy (non-hydrogen) atoms. The largest absolute Gasteiger partial charge is 0.415 e. The van der Waals surface area contributed by atoms with Crippen LogP contribution >= 0.6 is 0 Å². The quantitative estimate of drug-likeness (QED) is 0.383. The predicted octanol–water partition coefficient (Wildman–Crippen LogP) is 3.12. The molecule has 1 rings (SSSR count). The number of hydrogen-bond donors (Lipinski definition) is 0. The van der Waals surface area contributed by atoms with Crippen molar-refractivity contribution in [2.24, 2.45) is 0 Å². The van der Waals surface area contributed by atoms with Gasteiger partial charge in [-0.15, -0.1) is 0 Å². The Labute approximate surface area is 61.2 Å². The van der Waals surface area contributed by atoms with Crippen LogP contribution in [-0.4, -0.2) is 6.18 Å². The van der Waals surface area contributed by atoms with E-state index in [1.165, 1.54) is 12.2 Å². The molecule has 0 heterocycles. The van der Waals surface area contributed by atoms with Crippen molar-refractivity contribution in [1.29, 1.82) is 0 Å². The van der Waals surface area contributed by atoms with E-state index in [4.69, 9.17) is 0 Å². The van der Waals surface area contributed by atoms with E-state index < -0.39 is 17.6 Å². The molecule has 0 unspecified atom stereocenters. The molecule has 0 bridgehead atoms. The van der Waals surface area contributed by atoms with E-state index >= 15 is 0 Å². The van der Waals surface area contributed by atoms with Crippen molar-refractivity contribution in [3.8, 4) is 0 Å². The molecule has 1 aliphatic rings. The highest BCUT2D eigenvalue weighted by Crippen LogP contribution is 2.34. The van der Waals surface area contributed by atoms with Crippen LogP contribution in [0.1, 0.15) is 12.8 Å². The normalized spacial score (nSPS) is 19.3. The van der Waals surface area contributed by atoms with Crippen molar-refractivity contribution < 1.29 is 17.6 Å². The Morgan fingerprint density at radius 1 is 1.09 bits per heavy atom. The van der Waals surface area contributed by atoms with E-state index in [2.05, 4.69) is 0 Å². The third-order valence-corrected chi connectivity index (χ3v) is 1.46. The second-order valence-electron chi connectivity index (χ2n) is 2.26. The summed E-state index contributed by atoms with van der Waals surface area (Å²) in [6, 6.07) is 0. The lowest BCUT2D eigenvalue weighted by atomic mass is 10.0. The summed E-state index contributed by atoms with van der Waals surface area (Å²) in [7, 11) is 0. The topological polar surface area (TPSA) is 0 Å². The van der Waals surface area contributed by atoms with E-state index in [1.54, 1.807) is 0 Å². The van der Waals surface area contributed by atoms with Gasteiger partial charge in [0.2, 0.25) is 0 Å². The van der Waals surface area contributed by atoms with Gasteiger partial charge in [-0.05, 0) is 6.42 Å². The molecule has 0 atom stereocenters. The Hall–Kier alpha value is -0.800. The Morgan fingerprint density at radius 3 is 2.00 bits per heavy atom. The first-order valence-corrected chi connectivity index (χ1v) is 3.11. The first-order chi connectivity index (χ1) is 5.02. The maximum Gasteiger partial charge on any atom is 0.415 e. The fourth-order valence-corrected chi connectivity index (χ4v) is 0.891. The van der Waals surface area contributed by atoms with Gasteiger partial charge in [-0.25, -0.2) is 4.39 Å². The van der Waals surface area contributed by atoms with Gasteiger partial charge in [-0.1, -0.05) is 12.2 Å². The molecule has 0 aromatic rings. The highest BCUT2D eigenvalue weighted by molar-refractivity contribution is 5.23. The van der Waals surface area contributed by atoms with Gasteiger partial charge in [0.05, 0.1) is 5.57 Å². The minimum absolute atomic E-state index is 0.227. The zero-order valence-electron chi connectivity index (χ0n) is 5.58. The molecule has 0 aromatic carbocycles. The van der Waals surface area contributed by atoms with Crippen LogP contribution in [0.4, 0.5) is 17.6 Å².